The van der Waals surface area contributed by atoms with E-state index >= 15 is 0 Å². The first kappa shape index (κ1) is 14.2. The Balaban J connectivity index is 1.95. The van der Waals surface area contributed by atoms with E-state index in [1.54, 1.807) is 0 Å². The summed E-state index contributed by atoms with van der Waals surface area (Å²) in [6.07, 6.45) is 0.744. The maximum atomic E-state index is 12.8. The van der Waals surface area contributed by atoms with Gasteiger partial charge in [0.1, 0.15) is 0 Å². The number of amides is 1. The van der Waals surface area contributed by atoms with Crippen LogP contribution >= 0.6 is 0 Å². The molecule has 4 aliphatic rings. The summed E-state index contributed by atoms with van der Waals surface area (Å²) < 4.78 is 38.4. The van der Waals surface area contributed by atoms with E-state index in [1.807, 2.05) is 0 Å². The van der Waals surface area contributed by atoms with Crippen molar-refractivity contribution in [2.24, 2.45) is 16.7 Å². The van der Waals surface area contributed by atoms with Gasteiger partial charge in [0.2, 0.25) is 0 Å². The molecule has 4 aliphatic carbocycles. The lowest BCUT2D eigenvalue weighted by Gasteiger charge is -2.67. The maximum Gasteiger partial charge on any atom is 0.471 e. The van der Waals surface area contributed by atoms with Crippen molar-refractivity contribution in [2.75, 3.05) is 7.05 Å². The van der Waals surface area contributed by atoms with E-state index in [4.69, 9.17) is 0 Å². The minimum Gasteiger partial charge on any atom is -0.332 e. The molecule has 0 heterocycles. The van der Waals surface area contributed by atoms with Crippen molar-refractivity contribution in [3.05, 3.63) is 0 Å². The SMILES string of the molecule is CN(C(=O)C(F)(F)F)C12CC3C[C@@](C)(C1)C[C@](C)(C3)C2. The van der Waals surface area contributed by atoms with Gasteiger partial charge in [0.25, 0.3) is 0 Å². The molecular weight excluding hydrogens is 267 g/mol. The maximum absolute atomic E-state index is 12.8. The van der Waals surface area contributed by atoms with Crippen LogP contribution in [-0.2, 0) is 4.79 Å². The molecule has 4 fully saturated rings. The smallest absolute Gasteiger partial charge is 0.332 e. The molecule has 4 rings (SSSR count). The Morgan fingerprint density at radius 3 is 1.95 bits per heavy atom. The van der Waals surface area contributed by atoms with Gasteiger partial charge in [-0.3, -0.25) is 4.79 Å². The lowest BCUT2D eigenvalue weighted by molar-refractivity contribution is -0.207. The molecule has 114 valence electrons. The Hall–Kier alpha value is -0.740. The average Bonchev–Trinajstić information content (AvgIpc) is 2.20. The van der Waals surface area contributed by atoms with Gasteiger partial charge in [-0.2, -0.15) is 13.2 Å². The van der Waals surface area contributed by atoms with Crippen molar-refractivity contribution in [1.29, 1.82) is 0 Å². The molecule has 2 unspecified atom stereocenters. The fourth-order valence-corrected chi connectivity index (χ4v) is 6.17. The molecule has 4 bridgehead atoms. The molecule has 0 spiro atoms. The molecule has 0 aliphatic heterocycles. The first-order chi connectivity index (χ1) is 8.97. The summed E-state index contributed by atoms with van der Waals surface area (Å²) in [5.41, 5.74) is -0.363. The third kappa shape index (κ3) is 1.96. The number of halogens is 3. The van der Waals surface area contributed by atoms with Crippen LogP contribution in [0.1, 0.15) is 52.4 Å². The Labute approximate surface area is 117 Å². The molecule has 0 N–H and O–H groups in total. The number of hydrogen-bond acceptors (Lipinski definition) is 1. The van der Waals surface area contributed by atoms with Gasteiger partial charge in [-0.1, -0.05) is 13.8 Å². The second-order valence-corrected chi connectivity index (χ2v) is 8.22. The highest BCUT2D eigenvalue weighted by atomic mass is 19.4. The average molecular weight is 289 g/mol. The highest BCUT2D eigenvalue weighted by Crippen LogP contribution is 2.67. The second-order valence-electron chi connectivity index (χ2n) is 8.22. The topological polar surface area (TPSA) is 20.3 Å². The second kappa shape index (κ2) is 3.72. The number of rotatable bonds is 1. The minimum absolute atomic E-state index is 0.105. The van der Waals surface area contributed by atoms with Crippen LogP contribution < -0.4 is 0 Å². The number of hydrogen-bond donors (Lipinski definition) is 0. The van der Waals surface area contributed by atoms with Crippen molar-refractivity contribution in [2.45, 2.75) is 64.1 Å². The molecule has 0 aromatic carbocycles. The lowest BCUT2D eigenvalue weighted by atomic mass is 9.42. The molecule has 0 aromatic rings. The van der Waals surface area contributed by atoms with Crippen LogP contribution in [-0.4, -0.2) is 29.6 Å². The zero-order valence-corrected chi connectivity index (χ0v) is 12.3. The van der Waals surface area contributed by atoms with Gasteiger partial charge in [0.15, 0.2) is 0 Å². The van der Waals surface area contributed by atoms with Gasteiger partial charge < -0.3 is 4.90 Å². The molecule has 4 atom stereocenters. The Morgan fingerprint density at radius 1 is 1.05 bits per heavy atom. The third-order valence-corrected chi connectivity index (χ3v) is 5.86. The van der Waals surface area contributed by atoms with Crippen LogP contribution in [0.15, 0.2) is 0 Å². The molecule has 20 heavy (non-hydrogen) atoms. The van der Waals surface area contributed by atoms with E-state index in [1.165, 1.54) is 7.05 Å². The summed E-state index contributed by atoms with van der Waals surface area (Å²) in [5.74, 6) is -1.20. The molecular formula is C15H22F3NO. The predicted octanol–water partition coefficient (Wildman–Crippen LogP) is 3.76. The minimum atomic E-state index is -4.76. The summed E-state index contributed by atoms with van der Waals surface area (Å²) >= 11 is 0. The van der Waals surface area contributed by atoms with E-state index in [9.17, 15) is 18.0 Å². The number of carbonyl (C=O) groups excluding carboxylic acids is 1. The van der Waals surface area contributed by atoms with Crippen molar-refractivity contribution in [3.63, 3.8) is 0 Å². The first-order valence-electron chi connectivity index (χ1n) is 7.32. The Kier molecular flexibility index (Phi) is 2.64. The summed E-state index contributed by atoms with van der Waals surface area (Å²) in [5, 5.41) is 0. The van der Waals surface area contributed by atoms with E-state index in [2.05, 4.69) is 13.8 Å². The Morgan fingerprint density at radius 2 is 1.55 bits per heavy atom. The van der Waals surface area contributed by atoms with Gasteiger partial charge in [-0.05, 0) is 55.3 Å². The fraction of sp³-hybridized carbons (Fsp3) is 0.933. The van der Waals surface area contributed by atoms with E-state index in [0.29, 0.717) is 5.92 Å². The molecule has 0 saturated heterocycles. The van der Waals surface area contributed by atoms with Crippen LogP contribution in [0, 0.1) is 16.7 Å². The van der Waals surface area contributed by atoms with Gasteiger partial charge >= 0.3 is 12.1 Å². The molecule has 2 nitrogen and oxygen atoms in total. The van der Waals surface area contributed by atoms with Crippen LogP contribution in [0.2, 0.25) is 0 Å². The number of carbonyl (C=O) groups is 1. The lowest BCUT2D eigenvalue weighted by Crippen LogP contribution is -2.66. The van der Waals surface area contributed by atoms with E-state index in [-0.39, 0.29) is 10.8 Å². The van der Waals surface area contributed by atoms with Crippen molar-refractivity contribution in [1.82, 2.24) is 4.90 Å². The molecule has 5 heteroatoms. The van der Waals surface area contributed by atoms with Gasteiger partial charge in [0.05, 0.1) is 0 Å². The van der Waals surface area contributed by atoms with Crippen LogP contribution in [0.5, 0.6) is 0 Å². The van der Waals surface area contributed by atoms with Crippen LogP contribution in [0.4, 0.5) is 13.2 Å². The van der Waals surface area contributed by atoms with Crippen LogP contribution in [0.3, 0.4) is 0 Å². The van der Waals surface area contributed by atoms with Gasteiger partial charge in [-0.25, -0.2) is 0 Å². The summed E-state index contributed by atoms with van der Waals surface area (Å²) in [6, 6.07) is 0. The zero-order chi connectivity index (χ0) is 15.0. The van der Waals surface area contributed by atoms with Gasteiger partial charge in [0, 0.05) is 12.6 Å². The highest BCUT2D eigenvalue weighted by Gasteiger charge is 2.63. The zero-order valence-electron chi connectivity index (χ0n) is 12.3. The largest absolute Gasteiger partial charge is 0.471 e. The van der Waals surface area contributed by atoms with Crippen molar-refractivity contribution < 1.29 is 18.0 Å². The van der Waals surface area contributed by atoms with E-state index in [0.717, 1.165) is 43.4 Å². The third-order valence-electron chi connectivity index (χ3n) is 5.86. The fourth-order valence-electron chi connectivity index (χ4n) is 6.17. The summed E-state index contributed by atoms with van der Waals surface area (Å²) in [7, 11) is 1.36. The van der Waals surface area contributed by atoms with Crippen molar-refractivity contribution >= 4 is 5.91 Å². The summed E-state index contributed by atoms with van der Waals surface area (Å²) in [4.78, 5) is 12.7. The Bertz CT molecular complexity index is 441. The first-order valence-corrected chi connectivity index (χ1v) is 7.32. The van der Waals surface area contributed by atoms with E-state index < -0.39 is 17.6 Å². The molecule has 0 aromatic heterocycles. The standard InChI is InChI=1S/C15H22F3NO/c1-12-4-10-5-13(2,7-12)9-14(6-10,8-12)19(3)11(20)15(16,17)18/h10H,4-9H2,1-3H3/t10?,12-,13+,14?. The molecule has 4 saturated carbocycles. The normalized spacial score (nSPS) is 46.6. The van der Waals surface area contributed by atoms with Crippen LogP contribution in [0.25, 0.3) is 0 Å². The number of nitrogens with zero attached hydrogens (tertiary/aromatic N) is 1. The predicted molar refractivity (Wildman–Crippen MR) is 69.0 cm³/mol. The highest BCUT2D eigenvalue weighted by molar-refractivity contribution is 5.82. The molecule has 0 radical (unpaired) electrons. The van der Waals surface area contributed by atoms with Crippen molar-refractivity contribution in [3.8, 4) is 0 Å². The number of alkyl halides is 3. The monoisotopic (exact) mass is 289 g/mol. The molecule has 1 amide bonds. The quantitative estimate of drug-likeness (QED) is 0.720. The summed E-state index contributed by atoms with van der Waals surface area (Å²) in [6.45, 7) is 4.38. The van der Waals surface area contributed by atoms with Gasteiger partial charge in [-0.15, -0.1) is 0 Å².